The highest BCUT2D eigenvalue weighted by molar-refractivity contribution is 9.11. The topological polar surface area (TPSA) is 58.9 Å². The largest absolute Gasteiger partial charge is 0.366 e. The minimum absolute atomic E-state index is 0.398. The van der Waals surface area contributed by atoms with Gasteiger partial charge in [-0.25, -0.2) is 0 Å². The van der Waals surface area contributed by atoms with Gasteiger partial charge in [0.25, 0.3) is 5.91 Å². The van der Waals surface area contributed by atoms with Gasteiger partial charge in [0.05, 0.1) is 19.9 Å². The highest BCUT2D eigenvalue weighted by Gasteiger charge is 2.11. The number of amides is 1. The fourth-order valence-electron chi connectivity index (χ4n) is 1.41. The van der Waals surface area contributed by atoms with Crippen LogP contribution in [0.1, 0.15) is 16.1 Å². The van der Waals surface area contributed by atoms with Crippen LogP contribution < -0.4 is 5.73 Å². The molecule has 0 saturated heterocycles. The van der Waals surface area contributed by atoms with E-state index in [-0.39, 0.29) is 0 Å². The van der Waals surface area contributed by atoms with Gasteiger partial charge in [-0.05, 0) is 41.1 Å². The van der Waals surface area contributed by atoms with Crippen molar-refractivity contribution in [2.24, 2.45) is 5.73 Å². The molecule has 0 unspecified atom stereocenters. The summed E-state index contributed by atoms with van der Waals surface area (Å²) in [7, 11) is 0. The third-order valence-corrected chi connectivity index (χ3v) is 3.78. The van der Waals surface area contributed by atoms with Crippen LogP contribution in [0.15, 0.2) is 22.0 Å². The number of hydrogen-bond donors (Lipinski definition) is 2. The fourth-order valence-corrected chi connectivity index (χ4v) is 2.76. The van der Waals surface area contributed by atoms with Crippen molar-refractivity contribution < 1.29 is 4.79 Å². The fraction of sp³-hybridized carbons (Fsp3) is 0.100. The molecule has 0 fully saturated rings. The van der Waals surface area contributed by atoms with E-state index in [0.717, 1.165) is 20.1 Å². The summed E-state index contributed by atoms with van der Waals surface area (Å²) in [5, 5.41) is 0. The number of aromatic nitrogens is 1. The minimum Gasteiger partial charge on any atom is -0.366 e. The summed E-state index contributed by atoms with van der Waals surface area (Å²) in [6.07, 6.45) is 0. The highest BCUT2D eigenvalue weighted by atomic mass is 79.9. The standard InChI is InChI=1S/C10H9BrN2OS/c1-5-6(10(12)14)4-7(13-5)8-2-3-9(11)15-8/h2-4,13H,1H3,(H2,12,14). The van der Waals surface area contributed by atoms with Gasteiger partial charge < -0.3 is 10.7 Å². The Labute approximate surface area is 99.4 Å². The van der Waals surface area contributed by atoms with E-state index in [1.165, 1.54) is 0 Å². The SMILES string of the molecule is Cc1[nH]c(-c2ccc(Br)s2)cc1C(N)=O. The van der Waals surface area contributed by atoms with E-state index < -0.39 is 5.91 Å². The van der Waals surface area contributed by atoms with Gasteiger partial charge in [-0.1, -0.05) is 0 Å². The number of primary amides is 1. The molecular formula is C10H9BrN2OS. The normalized spacial score (nSPS) is 10.5. The second kappa shape index (κ2) is 3.83. The van der Waals surface area contributed by atoms with Crippen LogP contribution in [0.25, 0.3) is 10.6 Å². The number of aryl methyl sites for hydroxylation is 1. The summed E-state index contributed by atoms with van der Waals surface area (Å²) in [4.78, 5) is 15.3. The van der Waals surface area contributed by atoms with Gasteiger partial charge in [-0.2, -0.15) is 0 Å². The molecule has 1 amide bonds. The Morgan fingerprint density at radius 2 is 2.27 bits per heavy atom. The van der Waals surface area contributed by atoms with Crippen LogP contribution in [0, 0.1) is 6.92 Å². The maximum absolute atomic E-state index is 11.1. The van der Waals surface area contributed by atoms with Crippen molar-refractivity contribution >= 4 is 33.2 Å². The number of nitrogens with two attached hydrogens (primary N) is 1. The first kappa shape index (κ1) is 10.4. The van der Waals surface area contributed by atoms with Crippen LogP contribution in [0.4, 0.5) is 0 Å². The maximum atomic E-state index is 11.1. The Kier molecular flexibility index (Phi) is 2.67. The molecular weight excluding hydrogens is 276 g/mol. The lowest BCUT2D eigenvalue weighted by Gasteiger charge is -1.89. The highest BCUT2D eigenvalue weighted by Crippen LogP contribution is 2.31. The van der Waals surface area contributed by atoms with Gasteiger partial charge >= 0.3 is 0 Å². The lowest BCUT2D eigenvalue weighted by atomic mass is 10.2. The molecule has 0 aliphatic rings. The van der Waals surface area contributed by atoms with Gasteiger partial charge in [-0.3, -0.25) is 4.79 Å². The molecule has 78 valence electrons. The van der Waals surface area contributed by atoms with Crippen molar-refractivity contribution in [1.29, 1.82) is 0 Å². The van der Waals surface area contributed by atoms with Crippen LogP contribution in [0.2, 0.25) is 0 Å². The molecule has 3 N–H and O–H groups in total. The van der Waals surface area contributed by atoms with E-state index in [9.17, 15) is 4.79 Å². The number of rotatable bonds is 2. The molecule has 2 rings (SSSR count). The lowest BCUT2D eigenvalue weighted by Crippen LogP contribution is -2.10. The van der Waals surface area contributed by atoms with Crippen molar-refractivity contribution in [2.75, 3.05) is 0 Å². The number of H-pyrrole nitrogens is 1. The molecule has 0 radical (unpaired) electrons. The molecule has 15 heavy (non-hydrogen) atoms. The number of carbonyl (C=O) groups excluding carboxylic acids is 1. The minimum atomic E-state index is -0.398. The van der Waals surface area contributed by atoms with Crippen molar-refractivity contribution in [3.63, 3.8) is 0 Å². The third kappa shape index (κ3) is 1.98. The lowest BCUT2D eigenvalue weighted by molar-refractivity contribution is 0.1000. The first-order valence-corrected chi connectivity index (χ1v) is 5.94. The van der Waals surface area contributed by atoms with Crippen molar-refractivity contribution in [1.82, 2.24) is 4.98 Å². The van der Waals surface area contributed by atoms with Crippen molar-refractivity contribution in [3.8, 4) is 10.6 Å². The number of aromatic amines is 1. The summed E-state index contributed by atoms with van der Waals surface area (Å²) in [6, 6.07) is 5.75. The maximum Gasteiger partial charge on any atom is 0.250 e. The molecule has 0 spiro atoms. The summed E-state index contributed by atoms with van der Waals surface area (Å²) < 4.78 is 1.06. The van der Waals surface area contributed by atoms with E-state index in [2.05, 4.69) is 20.9 Å². The van der Waals surface area contributed by atoms with Gasteiger partial charge in [-0.15, -0.1) is 11.3 Å². The van der Waals surface area contributed by atoms with Gasteiger partial charge in [0.15, 0.2) is 0 Å². The van der Waals surface area contributed by atoms with Gasteiger partial charge in [0.2, 0.25) is 0 Å². The van der Waals surface area contributed by atoms with E-state index in [1.54, 1.807) is 17.4 Å². The molecule has 5 heteroatoms. The Bertz CT molecular complexity index is 515. The zero-order valence-corrected chi connectivity index (χ0v) is 10.4. The Morgan fingerprint density at radius 1 is 1.53 bits per heavy atom. The van der Waals surface area contributed by atoms with Crippen molar-refractivity contribution in [2.45, 2.75) is 6.92 Å². The molecule has 3 nitrogen and oxygen atoms in total. The molecule has 0 aliphatic heterocycles. The van der Waals surface area contributed by atoms with Gasteiger partial charge in [0.1, 0.15) is 0 Å². The first-order chi connectivity index (χ1) is 7.08. The summed E-state index contributed by atoms with van der Waals surface area (Å²) in [5.74, 6) is -0.398. The quantitative estimate of drug-likeness (QED) is 0.875. The monoisotopic (exact) mass is 284 g/mol. The van der Waals surface area contributed by atoms with Crippen LogP contribution in [0.5, 0.6) is 0 Å². The molecule has 0 aliphatic carbocycles. The van der Waals surface area contributed by atoms with Crippen LogP contribution in [-0.2, 0) is 0 Å². The van der Waals surface area contributed by atoms with E-state index in [1.807, 2.05) is 19.1 Å². The number of nitrogens with one attached hydrogen (secondary N) is 1. The smallest absolute Gasteiger partial charge is 0.250 e. The Hall–Kier alpha value is -1.07. The molecule has 0 atom stereocenters. The predicted octanol–water partition coefficient (Wildman–Crippen LogP) is 2.91. The summed E-state index contributed by atoms with van der Waals surface area (Å²) >= 11 is 5.00. The van der Waals surface area contributed by atoms with E-state index >= 15 is 0 Å². The number of thiophene rings is 1. The third-order valence-electron chi connectivity index (χ3n) is 2.12. The average Bonchev–Trinajstić information content (AvgIpc) is 2.71. The van der Waals surface area contributed by atoms with Crippen LogP contribution in [0.3, 0.4) is 0 Å². The zero-order valence-electron chi connectivity index (χ0n) is 8.00. The van der Waals surface area contributed by atoms with E-state index in [0.29, 0.717) is 5.56 Å². The Balaban J connectivity index is 2.46. The molecule has 2 heterocycles. The average molecular weight is 285 g/mol. The number of hydrogen-bond acceptors (Lipinski definition) is 2. The zero-order chi connectivity index (χ0) is 11.0. The molecule has 2 aromatic rings. The molecule has 0 saturated carbocycles. The van der Waals surface area contributed by atoms with Crippen LogP contribution >= 0.6 is 27.3 Å². The first-order valence-electron chi connectivity index (χ1n) is 4.33. The second-order valence-corrected chi connectivity index (χ2v) is 5.65. The van der Waals surface area contributed by atoms with E-state index in [4.69, 9.17) is 5.73 Å². The summed E-state index contributed by atoms with van der Waals surface area (Å²) in [6.45, 7) is 1.84. The molecule has 0 aromatic carbocycles. The second-order valence-electron chi connectivity index (χ2n) is 3.19. The number of carbonyl (C=O) groups is 1. The Morgan fingerprint density at radius 3 is 2.73 bits per heavy atom. The van der Waals surface area contributed by atoms with Crippen LogP contribution in [-0.4, -0.2) is 10.9 Å². The molecule has 2 aromatic heterocycles. The summed E-state index contributed by atoms with van der Waals surface area (Å²) in [5.41, 5.74) is 7.53. The van der Waals surface area contributed by atoms with Gasteiger partial charge in [0, 0.05) is 5.69 Å². The van der Waals surface area contributed by atoms with Crippen molar-refractivity contribution in [3.05, 3.63) is 33.2 Å². The molecule has 0 bridgehead atoms. The predicted molar refractivity (Wildman–Crippen MR) is 65.1 cm³/mol. The number of halogens is 1.